The summed E-state index contributed by atoms with van der Waals surface area (Å²) < 4.78 is 12.1. The summed E-state index contributed by atoms with van der Waals surface area (Å²) in [4.78, 5) is 30.0. The number of carbonyl (C=O) groups excluding carboxylic acids is 1. The van der Waals surface area contributed by atoms with Crippen LogP contribution in [0.5, 0.6) is 11.5 Å². The first-order valence-electron chi connectivity index (χ1n) is 10.4. The second-order valence-electron chi connectivity index (χ2n) is 8.41. The molecule has 4 rings (SSSR count). The lowest BCUT2D eigenvalue weighted by atomic mass is 9.77. The van der Waals surface area contributed by atoms with Gasteiger partial charge in [-0.2, -0.15) is 0 Å². The summed E-state index contributed by atoms with van der Waals surface area (Å²) in [6.07, 6.45) is 4.46. The van der Waals surface area contributed by atoms with Crippen molar-refractivity contribution in [3.8, 4) is 11.5 Å². The second kappa shape index (κ2) is 7.41. The monoisotopic (exact) mass is 422 g/mol. The Labute approximate surface area is 181 Å². The third-order valence-electron chi connectivity index (χ3n) is 6.29. The average Bonchev–Trinajstić information content (AvgIpc) is 2.94. The van der Waals surface area contributed by atoms with Gasteiger partial charge in [0, 0.05) is 17.8 Å². The van der Waals surface area contributed by atoms with Crippen molar-refractivity contribution in [1.29, 1.82) is 0 Å². The molecule has 0 aliphatic carbocycles. The molecule has 0 fully saturated rings. The summed E-state index contributed by atoms with van der Waals surface area (Å²) in [6.45, 7) is 6.89. The molecule has 0 saturated carbocycles. The largest absolute Gasteiger partial charge is 0.494 e. The second-order valence-corrected chi connectivity index (χ2v) is 8.41. The Bertz CT molecular complexity index is 1090. The SMILES string of the molecule is CCCCN1c2ccc(C(=O)O)cc2C(C)(C)C12C=Nc1c(OC)cc(C=O)cc1O2. The first-order chi connectivity index (χ1) is 14.8. The summed E-state index contributed by atoms with van der Waals surface area (Å²) >= 11 is 0. The lowest BCUT2D eigenvalue weighted by molar-refractivity contribution is 0.0694. The van der Waals surface area contributed by atoms with Crippen LogP contribution in [0.2, 0.25) is 0 Å². The van der Waals surface area contributed by atoms with Crippen molar-refractivity contribution in [3.05, 3.63) is 47.0 Å². The number of hydrogen-bond donors (Lipinski definition) is 1. The van der Waals surface area contributed by atoms with Crippen LogP contribution in [0.1, 0.15) is 59.9 Å². The number of rotatable bonds is 6. The molecule has 0 radical (unpaired) electrons. The number of ether oxygens (including phenoxy) is 2. The number of carboxylic acid groups (broad SMARTS) is 1. The molecule has 2 aromatic rings. The van der Waals surface area contributed by atoms with Gasteiger partial charge in [-0.1, -0.05) is 13.3 Å². The Balaban J connectivity index is 1.91. The number of fused-ring (bicyclic) bond motifs is 2. The number of carbonyl (C=O) groups is 2. The van der Waals surface area contributed by atoms with E-state index in [0.717, 1.165) is 30.4 Å². The minimum Gasteiger partial charge on any atom is -0.494 e. The fourth-order valence-electron chi connectivity index (χ4n) is 4.51. The Morgan fingerprint density at radius 2 is 2.06 bits per heavy atom. The predicted molar refractivity (Wildman–Crippen MR) is 119 cm³/mol. The highest BCUT2D eigenvalue weighted by Crippen LogP contribution is 2.55. The molecular weight excluding hydrogens is 396 g/mol. The van der Waals surface area contributed by atoms with Crippen LogP contribution in [0.15, 0.2) is 35.3 Å². The molecule has 2 heterocycles. The molecule has 2 aliphatic rings. The van der Waals surface area contributed by atoms with Crippen LogP contribution >= 0.6 is 0 Å². The Morgan fingerprint density at radius 1 is 1.29 bits per heavy atom. The molecule has 1 spiro atoms. The zero-order chi connectivity index (χ0) is 22.4. The zero-order valence-electron chi connectivity index (χ0n) is 18.1. The number of hydrogen-bond acceptors (Lipinski definition) is 6. The minimum atomic E-state index is -0.971. The fourth-order valence-corrected chi connectivity index (χ4v) is 4.51. The number of anilines is 1. The van der Waals surface area contributed by atoms with Gasteiger partial charge in [0.15, 0.2) is 5.75 Å². The van der Waals surface area contributed by atoms with Crippen molar-refractivity contribution in [3.63, 3.8) is 0 Å². The van der Waals surface area contributed by atoms with E-state index >= 15 is 0 Å². The standard InChI is InChI=1S/C24H26N2O5/c1-5-6-9-26-18-8-7-16(22(28)29)12-17(18)23(2,3)24(26)14-25-21-19(30-4)10-15(13-27)11-20(21)31-24/h7-8,10-14H,5-6,9H2,1-4H3,(H,28,29). The van der Waals surface area contributed by atoms with Crippen LogP contribution in [-0.2, 0) is 5.41 Å². The number of methoxy groups -OCH3 is 1. The van der Waals surface area contributed by atoms with E-state index in [4.69, 9.17) is 14.5 Å². The number of benzene rings is 2. The van der Waals surface area contributed by atoms with Crippen molar-refractivity contribution >= 4 is 29.8 Å². The molecule has 0 aromatic heterocycles. The Morgan fingerprint density at radius 3 is 2.71 bits per heavy atom. The predicted octanol–water partition coefficient (Wildman–Crippen LogP) is 4.59. The maximum Gasteiger partial charge on any atom is 0.335 e. The molecule has 1 N–H and O–H groups in total. The minimum absolute atomic E-state index is 0.234. The first-order valence-corrected chi connectivity index (χ1v) is 10.4. The topological polar surface area (TPSA) is 88.4 Å². The van der Waals surface area contributed by atoms with Gasteiger partial charge in [0.2, 0.25) is 5.72 Å². The van der Waals surface area contributed by atoms with E-state index in [2.05, 4.69) is 11.8 Å². The van der Waals surface area contributed by atoms with E-state index in [-0.39, 0.29) is 5.56 Å². The molecular formula is C24H26N2O5. The first kappa shape index (κ1) is 20.9. The summed E-state index contributed by atoms with van der Waals surface area (Å²) in [5.41, 5.74) is 1.43. The molecule has 0 amide bonds. The molecule has 2 aliphatic heterocycles. The van der Waals surface area contributed by atoms with E-state index in [1.165, 1.54) is 7.11 Å². The van der Waals surface area contributed by atoms with Crippen LogP contribution in [-0.4, -0.2) is 43.0 Å². The van der Waals surface area contributed by atoms with E-state index in [9.17, 15) is 14.7 Å². The molecule has 7 heteroatoms. The highest BCUT2D eigenvalue weighted by atomic mass is 16.5. The molecule has 0 bridgehead atoms. The average molecular weight is 422 g/mol. The highest BCUT2D eigenvalue weighted by molar-refractivity contribution is 5.93. The zero-order valence-corrected chi connectivity index (χ0v) is 18.1. The van der Waals surface area contributed by atoms with Crippen LogP contribution in [0.3, 0.4) is 0 Å². The van der Waals surface area contributed by atoms with Gasteiger partial charge in [0.05, 0.1) is 24.3 Å². The number of aliphatic imine (C=N–C) groups is 1. The summed E-state index contributed by atoms with van der Waals surface area (Å²) in [5, 5.41) is 9.52. The van der Waals surface area contributed by atoms with Crippen molar-refractivity contribution in [2.24, 2.45) is 4.99 Å². The van der Waals surface area contributed by atoms with Gasteiger partial charge < -0.3 is 19.5 Å². The molecule has 2 aromatic carbocycles. The highest BCUT2D eigenvalue weighted by Gasteiger charge is 2.59. The van der Waals surface area contributed by atoms with Crippen LogP contribution in [0.25, 0.3) is 0 Å². The quantitative estimate of drug-likeness (QED) is 0.685. The number of aldehydes is 1. The van der Waals surface area contributed by atoms with Crippen molar-refractivity contribution in [2.45, 2.75) is 44.8 Å². The molecule has 1 unspecified atom stereocenters. The van der Waals surface area contributed by atoms with Crippen LogP contribution in [0.4, 0.5) is 11.4 Å². The van der Waals surface area contributed by atoms with E-state index in [1.54, 1.807) is 30.5 Å². The van der Waals surface area contributed by atoms with Gasteiger partial charge >= 0.3 is 5.97 Å². The van der Waals surface area contributed by atoms with E-state index in [0.29, 0.717) is 29.3 Å². The van der Waals surface area contributed by atoms with Gasteiger partial charge in [-0.15, -0.1) is 0 Å². The number of nitrogens with zero attached hydrogens (tertiary/aromatic N) is 2. The Kier molecular flexibility index (Phi) is 5.00. The van der Waals surface area contributed by atoms with Crippen molar-refractivity contribution in [2.75, 3.05) is 18.6 Å². The normalized spacial score (nSPS) is 20.2. The lowest BCUT2D eigenvalue weighted by Crippen LogP contribution is -2.62. The third-order valence-corrected chi connectivity index (χ3v) is 6.29. The molecule has 7 nitrogen and oxygen atoms in total. The number of aromatic carboxylic acids is 1. The van der Waals surface area contributed by atoms with Gasteiger partial charge in [0.25, 0.3) is 0 Å². The summed E-state index contributed by atoms with van der Waals surface area (Å²) in [6, 6.07) is 8.49. The van der Waals surface area contributed by atoms with Gasteiger partial charge in [0.1, 0.15) is 17.7 Å². The molecule has 31 heavy (non-hydrogen) atoms. The molecule has 162 valence electrons. The van der Waals surface area contributed by atoms with Crippen LogP contribution < -0.4 is 14.4 Å². The maximum atomic E-state index is 11.6. The van der Waals surface area contributed by atoms with Gasteiger partial charge in [-0.05, 0) is 56.2 Å². The van der Waals surface area contributed by atoms with E-state index in [1.807, 2.05) is 19.9 Å². The number of unbranched alkanes of at least 4 members (excludes halogenated alkanes) is 1. The molecule has 0 saturated heterocycles. The van der Waals surface area contributed by atoms with E-state index < -0.39 is 17.1 Å². The molecule has 1 atom stereocenters. The van der Waals surface area contributed by atoms with Gasteiger partial charge in [-0.3, -0.25) is 4.79 Å². The smallest absolute Gasteiger partial charge is 0.335 e. The van der Waals surface area contributed by atoms with Crippen molar-refractivity contribution in [1.82, 2.24) is 0 Å². The third kappa shape index (κ3) is 2.99. The summed E-state index contributed by atoms with van der Waals surface area (Å²) in [7, 11) is 1.53. The summed E-state index contributed by atoms with van der Waals surface area (Å²) in [5.74, 6) is -0.0410. The van der Waals surface area contributed by atoms with Crippen LogP contribution in [0, 0.1) is 0 Å². The number of carboxylic acids is 1. The Hall–Kier alpha value is -3.35. The fraction of sp³-hybridized carbons (Fsp3) is 0.375. The van der Waals surface area contributed by atoms with Crippen molar-refractivity contribution < 1.29 is 24.2 Å². The lowest BCUT2D eigenvalue weighted by Gasteiger charge is -2.46. The maximum absolute atomic E-state index is 11.6. The van der Waals surface area contributed by atoms with Gasteiger partial charge in [-0.25, -0.2) is 9.79 Å².